The molecule has 11 heteroatoms. The Morgan fingerprint density at radius 3 is 2.59 bits per heavy atom. The standard InChI is InChI=1S/C26H21ClN4O6/c1-3-36-26(33)16(2)37-23-18(13-19(27)14-22(23)31(34)35)15-28-30-24(17-9-5-4-6-10-17)29-21-12-8-7-11-20(21)25(30)32/h4-16H,3H2,1-2H3/t16-/m1/s1. The second-order valence-electron chi connectivity index (χ2n) is 7.79. The number of hydrogen-bond donors (Lipinski definition) is 0. The smallest absolute Gasteiger partial charge is 0.347 e. The molecule has 4 rings (SSSR count). The van der Waals surface area contributed by atoms with Gasteiger partial charge in [-0.3, -0.25) is 14.9 Å². The number of ether oxygens (including phenoxy) is 2. The first-order valence-corrected chi connectivity index (χ1v) is 11.6. The fourth-order valence-electron chi connectivity index (χ4n) is 3.57. The van der Waals surface area contributed by atoms with Crippen LogP contribution in [0.4, 0.5) is 5.69 Å². The van der Waals surface area contributed by atoms with Gasteiger partial charge in [-0.15, -0.1) is 0 Å². The molecule has 0 saturated carbocycles. The average molecular weight is 521 g/mol. The average Bonchev–Trinajstić information content (AvgIpc) is 2.89. The van der Waals surface area contributed by atoms with E-state index >= 15 is 0 Å². The van der Waals surface area contributed by atoms with Crippen LogP contribution in [0.1, 0.15) is 19.4 Å². The second-order valence-corrected chi connectivity index (χ2v) is 8.23. The molecule has 0 radical (unpaired) electrons. The van der Waals surface area contributed by atoms with E-state index in [-0.39, 0.29) is 28.8 Å². The lowest BCUT2D eigenvalue weighted by Crippen LogP contribution is -2.27. The zero-order valence-corrected chi connectivity index (χ0v) is 20.6. The zero-order valence-electron chi connectivity index (χ0n) is 19.8. The molecule has 37 heavy (non-hydrogen) atoms. The van der Waals surface area contributed by atoms with Crippen LogP contribution in [0.15, 0.2) is 76.6 Å². The Balaban J connectivity index is 1.89. The molecule has 0 unspecified atom stereocenters. The van der Waals surface area contributed by atoms with E-state index in [9.17, 15) is 19.7 Å². The van der Waals surface area contributed by atoms with Crippen molar-refractivity contribution in [3.8, 4) is 17.1 Å². The minimum Gasteiger partial charge on any atom is -0.471 e. The number of halogens is 1. The van der Waals surface area contributed by atoms with Gasteiger partial charge in [0.15, 0.2) is 11.9 Å². The van der Waals surface area contributed by atoms with Crippen molar-refractivity contribution in [2.45, 2.75) is 20.0 Å². The lowest BCUT2D eigenvalue weighted by Gasteiger charge is -2.15. The summed E-state index contributed by atoms with van der Waals surface area (Å²) in [5.41, 5.74) is 0.279. The van der Waals surface area contributed by atoms with Gasteiger partial charge in [0.1, 0.15) is 0 Å². The molecule has 0 N–H and O–H groups in total. The van der Waals surface area contributed by atoms with Crippen molar-refractivity contribution in [1.29, 1.82) is 0 Å². The molecule has 1 heterocycles. The predicted molar refractivity (Wildman–Crippen MR) is 139 cm³/mol. The van der Waals surface area contributed by atoms with Crippen LogP contribution in [0.25, 0.3) is 22.3 Å². The molecule has 0 fully saturated rings. The zero-order chi connectivity index (χ0) is 26.5. The molecule has 0 spiro atoms. The molecule has 1 atom stereocenters. The van der Waals surface area contributed by atoms with E-state index in [1.165, 1.54) is 19.2 Å². The number of aromatic nitrogens is 2. The predicted octanol–water partition coefficient (Wildman–Crippen LogP) is 4.84. The molecule has 0 aliphatic rings. The number of benzene rings is 3. The van der Waals surface area contributed by atoms with Crippen molar-refractivity contribution in [1.82, 2.24) is 9.66 Å². The van der Waals surface area contributed by atoms with E-state index in [0.29, 0.717) is 16.5 Å². The normalized spacial score (nSPS) is 12.0. The van der Waals surface area contributed by atoms with Crippen LogP contribution in [0.5, 0.6) is 5.75 Å². The molecule has 3 aromatic carbocycles. The van der Waals surface area contributed by atoms with Gasteiger partial charge in [0, 0.05) is 22.2 Å². The summed E-state index contributed by atoms with van der Waals surface area (Å²) < 4.78 is 11.7. The first-order valence-electron chi connectivity index (χ1n) is 11.2. The largest absolute Gasteiger partial charge is 0.471 e. The van der Waals surface area contributed by atoms with Gasteiger partial charge in [-0.05, 0) is 32.0 Å². The van der Waals surface area contributed by atoms with Crippen molar-refractivity contribution in [2.75, 3.05) is 6.61 Å². The van der Waals surface area contributed by atoms with Gasteiger partial charge in [0.25, 0.3) is 5.56 Å². The molecule has 10 nitrogen and oxygen atoms in total. The Bertz CT molecular complexity index is 1570. The van der Waals surface area contributed by atoms with Gasteiger partial charge in [-0.1, -0.05) is 54.1 Å². The summed E-state index contributed by atoms with van der Waals surface area (Å²) in [5.74, 6) is -0.683. The number of nitro groups is 1. The Morgan fingerprint density at radius 2 is 1.89 bits per heavy atom. The van der Waals surface area contributed by atoms with Gasteiger partial charge in [-0.25, -0.2) is 9.78 Å². The summed E-state index contributed by atoms with van der Waals surface area (Å²) >= 11 is 6.14. The van der Waals surface area contributed by atoms with Crippen LogP contribution in [-0.2, 0) is 9.53 Å². The van der Waals surface area contributed by atoms with Gasteiger partial charge in [-0.2, -0.15) is 9.78 Å². The van der Waals surface area contributed by atoms with Gasteiger partial charge >= 0.3 is 11.7 Å². The van der Waals surface area contributed by atoms with Crippen molar-refractivity contribution in [2.24, 2.45) is 5.10 Å². The number of fused-ring (bicyclic) bond motifs is 1. The molecule has 0 bridgehead atoms. The molecule has 4 aromatic rings. The molecular weight excluding hydrogens is 500 g/mol. The number of esters is 1. The first-order chi connectivity index (χ1) is 17.8. The summed E-state index contributed by atoms with van der Waals surface area (Å²) in [7, 11) is 0. The van der Waals surface area contributed by atoms with Gasteiger partial charge in [0.05, 0.1) is 28.6 Å². The van der Waals surface area contributed by atoms with E-state index in [1.54, 1.807) is 55.5 Å². The molecular formula is C26H21ClN4O6. The molecule has 0 aliphatic heterocycles. The maximum absolute atomic E-state index is 13.4. The molecule has 0 aliphatic carbocycles. The fourth-order valence-corrected chi connectivity index (χ4v) is 3.79. The lowest BCUT2D eigenvalue weighted by atomic mass is 10.1. The minimum atomic E-state index is -1.16. The van der Waals surface area contributed by atoms with Crippen molar-refractivity contribution < 1.29 is 19.2 Å². The van der Waals surface area contributed by atoms with E-state index in [0.717, 1.165) is 10.7 Å². The van der Waals surface area contributed by atoms with Gasteiger partial charge in [0.2, 0.25) is 5.75 Å². The Labute approximate surface area is 215 Å². The maximum atomic E-state index is 13.4. The molecule has 0 saturated heterocycles. The topological polar surface area (TPSA) is 126 Å². The van der Waals surface area contributed by atoms with E-state index in [2.05, 4.69) is 10.1 Å². The fraction of sp³-hybridized carbons (Fsp3) is 0.154. The van der Waals surface area contributed by atoms with Crippen LogP contribution in [-0.4, -0.2) is 39.5 Å². The molecule has 1 aromatic heterocycles. The minimum absolute atomic E-state index is 0.0385. The third-order valence-corrected chi connectivity index (χ3v) is 5.49. The van der Waals surface area contributed by atoms with Crippen LogP contribution < -0.4 is 10.3 Å². The second kappa shape index (κ2) is 11.0. The van der Waals surface area contributed by atoms with E-state index < -0.39 is 28.2 Å². The first kappa shape index (κ1) is 25.5. The summed E-state index contributed by atoms with van der Waals surface area (Å²) in [4.78, 5) is 41.2. The van der Waals surface area contributed by atoms with Crippen LogP contribution in [0.2, 0.25) is 5.02 Å². The highest BCUT2D eigenvalue weighted by Gasteiger charge is 2.26. The lowest BCUT2D eigenvalue weighted by molar-refractivity contribution is -0.386. The highest BCUT2D eigenvalue weighted by molar-refractivity contribution is 6.31. The summed E-state index contributed by atoms with van der Waals surface area (Å²) in [6, 6.07) is 18.3. The SMILES string of the molecule is CCOC(=O)[C@@H](C)Oc1c(C=Nn2c(-c3ccccc3)nc3ccccc3c2=O)cc(Cl)cc1[N+](=O)[O-]. The maximum Gasteiger partial charge on any atom is 0.347 e. The van der Waals surface area contributed by atoms with E-state index in [1.807, 2.05) is 6.07 Å². The van der Waals surface area contributed by atoms with Gasteiger partial charge < -0.3 is 9.47 Å². The third kappa shape index (κ3) is 5.49. The summed E-state index contributed by atoms with van der Waals surface area (Å²) in [5, 5.41) is 16.5. The number of para-hydroxylation sites is 1. The quantitative estimate of drug-likeness (QED) is 0.141. The monoisotopic (exact) mass is 520 g/mol. The Morgan fingerprint density at radius 1 is 1.19 bits per heavy atom. The van der Waals surface area contributed by atoms with Crippen LogP contribution >= 0.6 is 11.6 Å². The highest BCUT2D eigenvalue weighted by atomic mass is 35.5. The Hall–Kier alpha value is -4.57. The number of nitrogens with zero attached hydrogens (tertiary/aromatic N) is 4. The molecule has 188 valence electrons. The van der Waals surface area contributed by atoms with Crippen molar-refractivity contribution >= 4 is 40.4 Å². The van der Waals surface area contributed by atoms with Crippen molar-refractivity contribution in [3.05, 3.63) is 97.8 Å². The number of rotatable bonds is 8. The summed E-state index contributed by atoms with van der Waals surface area (Å²) in [6.07, 6.45) is 0.0491. The number of hydrogen-bond acceptors (Lipinski definition) is 8. The van der Waals surface area contributed by atoms with Crippen LogP contribution in [0, 0.1) is 10.1 Å². The Kier molecular flexibility index (Phi) is 7.59. The van der Waals surface area contributed by atoms with Crippen molar-refractivity contribution in [3.63, 3.8) is 0 Å². The highest BCUT2D eigenvalue weighted by Crippen LogP contribution is 2.34. The number of carbonyl (C=O) groups is 1. The summed E-state index contributed by atoms with van der Waals surface area (Å²) in [6.45, 7) is 3.15. The number of carbonyl (C=O) groups excluding carboxylic acids is 1. The van der Waals surface area contributed by atoms with E-state index in [4.69, 9.17) is 21.1 Å². The molecule has 0 amide bonds. The van der Waals surface area contributed by atoms with Crippen LogP contribution in [0.3, 0.4) is 0 Å². The number of nitro benzene ring substituents is 1. The third-order valence-electron chi connectivity index (χ3n) is 5.27.